The lowest BCUT2D eigenvalue weighted by Crippen LogP contribution is -2.33. The molecule has 1 aliphatic rings. The Hall–Kier alpha value is -1.22. The van der Waals surface area contributed by atoms with E-state index in [4.69, 9.17) is 11.6 Å². The molecule has 1 unspecified atom stereocenters. The first kappa shape index (κ1) is 15.2. The maximum absolute atomic E-state index is 12.4. The van der Waals surface area contributed by atoms with Crippen LogP contribution >= 0.6 is 11.6 Å². The highest BCUT2D eigenvalue weighted by Gasteiger charge is 2.39. The van der Waals surface area contributed by atoms with E-state index in [1.807, 2.05) is 0 Å². The molecule has 1 aliphatic heterocycles. The molecule has 0 radical (unpaired) electrons. The predicted molar refractivity (Wildman–Crippen MR) is 72.1 cm³/mol. The number of hydrogen-bond acceptors (Lipinski definition) is 5. The summed E-state index contributed by atoms with van der Waals surface area (Å²) in [6.07, 6.45) is 0.321. The summed E-state index contributed by atoms with van der Waals surface area (Å²) in [5.41, 5.74) is -1.54. The Morgan fingerprint density at radius 1 is 1.50 bits per heavy atom. The molecule has 0 saturated carbocycles. The molecule has 7 nitrogen and oxygen atoms in total. The van der Waals surface area contributed by atoms with E-state index in [9.17, 15) is 23.6 Å². The van der Waals surface area contributed by atoms with E-state index in [2.05, 4.69) is 0 Å². The van der Waals surface area contributed by atoms with Crippen molar-refractivity contribution < 1.29 is 18.4 Å². The minimum absolute atomic E-state index is 0.0360. The van der Waals surface area contributed by atoms with Gasteiger partial charge in [0.05, 0.1) is 15.4 Å². The zero-order chi connectivity index (χ0) is 15.1. The van der Waals surface area contributed by atoms with Crippen LogP contribution in [0, 0.1) is 10.1 Å². The molecule has 1 fully saturated rings. The fraction of sp³-hybridized carbons (Fsp3) is 0.455. The maximum atomic E-state index is 12.4. The van der Waals surface area contributed by atoms with Crippen molar-refractivity contribution in [3.8, 4) is 0 Å². The number of nitro groups is 1. The van der Waals surface area contributed by atoms with Crippen LogP contribution in [0.15, 0.2) is 23.1 Å². The van der Waals surface area contributed by atoms with Crippen molar-refractivity contribution in [1.29, 1.82) is 0 Å². The Kier molecular flexibility index (Phi) is 3.76. The van der Waals surface area contributed by atoms with Gasteiger partial charge in [0.1, 0.15) is 5.02 Å². The van der Waals surface area contributed by atoms with Crippen molar-refractivity contribution in [3.05, 3.63) is 33.3 Å². The average molecular weight is 321 g/mol. The number of benzene rings is 1. The molecular formula is C11H13ClN2O5S. The van der Waals surface area contributed by atoms with Crippen LogP contribution in [0.3, 0.4) is 0 Å². The number of β-amino-alcohol motifs (C(OH)–C–C–N with tert-alkyl or cyclic N) is 1. The van der Waals surface area contributed by atoms with E-state index in [-0.39, 0.29) is 23.0 Å². The van der Waals surface area contributed by atoms with Crippen molar-refractivity contribution in [2.24, 2.45) is 0 Å². The largest absolute Gasteiger partial charge is 0.389 e. The van der Waals surface area contributed by atoms with Crippen LogP contribution in [0.4, 0.5) is 5.69 Å². The van der Waals surface area contributed by atoms with Crippen molar-refractivity contribution in [2.75, 3.05) is 13.1 Å². The average Bonchev–Trinajstić information content (AvgIpc) is 2.70. The highest BCUT2D eigenvalue weighted by Crippen LogP contribution is 2.31. The second-order valence-corrected chi connectivity index (χ2v) is 7.30. The summed E-state index contributed by atoms with van der Waals surface area (Å²) in [4.78, 5) is 9.86. The van der Waals surface area contributed by atoms with Gasteiger partial charge in [0.2, 0.25) is 10.0 Å². The molecule has 1 N–H and O–H groups in total. The second-order valence-electron chi connectivity index (χ2n) is 4.96. The Morgan fingerprint density at radius 2 is 2.15 bits per heavy atom. The van der Waals surface area contributed by atoms with Gasteiger partial charge in [0.15, 0.2) is 0 Å². The molecular weight excluding hydrogens is 308 g/mol. The minimum atomic E-state index is -3.87. The fourth-order valence-electron chi connectivity index (χ4n) is 2.05. The molecule has 20 heavy (non-hydrogen) atoms. The van der Waals surface area contributed by atoms with Crippen molar-refractivity contribution in [2.45, 2.75) is 23.8 Å². The molecule has 0 aromatic heterocycles. The minimum Gasteiger partial charge on any atom is -0.389 e. The van der Waals surface area contributed by atoms with Crippen molar-refractivity contribution >= 4 is 27.3 Å². The van der Waals surface area contributed by atoms with Gasteiger partial charge >= 0.3 is 0 Å². The Bertz CT molecular complexity index is 659. The molecule has 2 rings (SSSR count). The molecule has 0 aliphatic carbocycles. The van der Waals surface area contributed by atoms with Crippen LogP contribution < -0.4 is 0 Å². The molecule has 1 aromatic carbocycles. The van der Waals surface area contributed by atoms with Gasteiger partial charge < -0.3 is 5.11 Å². The number of nitro benzene ring substituents is 1. The van der Waals surface area contributed by atoms with Crippen LogP contribution in [-0.4, -0.2) is 41.4 Å². The predicted octanol–water partition coefficient (Wildman–Crippen LogP) is 1.39. The fourth-order valence-corrected chi connectivity index (χ4v) is 3.82. The summed E-state index contributed by atoms with van der Waals surface area (Å²) in [6.45, 7) is 1.68. The summed E-state index contributed by atoms with van der Waals surface area (Å²) in [6, 6.07) is 3.34. The highest BCUT2D eigenvalue weighted by atomic mass is 35.5. The molecule has 0 bridgehead atoms. The molecule has 1 heterocycles. The van der Waals surface area contributed by atoms with Gasteiger partial charge in [0, 0.05) is 19.2 Å². The lowest BCUT2D eigenvalue weighted by molar-refractivity contribution is -0.384. The molecule has 110 valence electrons. The monoisotopic (exact) mass is 320 g/mol. The third-order valence-corrected chi connectivity index (χ3v) is 5.33. The molecule has 9 heteroatoms. The van der Waals surface area contributed by atoms with Gasteiger partial charge in [-0.15, -0.1) is 0 Å². The third-order valence-electron chi connectivity index (χ3n) is 3.17. The molecule has 1 saturated heterocycles. The summed E-state index contributed by atoms with van der Waals surface area (Å²) >= 11 is 5.66. The molecule has 1 aromatic rings. The van der Waals surface area contributed by atoms with E-state index in [0.717, 1.165) is 10.4 Å². The zero-order valence-electron chi connectivity index (χ0n) is 10.6. The van der Waals surface area contributed by atoms with Gasteiger partial charge in [-0.25, -0.2) is 8.42 Å². The summed E-state index contributed by atoms with van der Waals surface area (Å²) in [5.74, 6) is 0. The Morgan fingerprint density at radius 3 is 2.65 bits per heavy atom. The van der Waals surface area contributed by atoms with Gasteiger partial charge in [-0.05, 0) is 25.5 Å². The molecule has 0 amide bonds. The first-order chi connectivity index (χ1) is 9.13. The van der Waals surface area contributed by atoms with Crippen LogP contribution in [0.2, 0.25) is 5.02 Å². The molecule has 1 atom stereocenters. The van der Waals surface area contributed by atoms with E-state index < -0.39 is 26.2 Å². The number of nitrogens with zero attached hydrogens (tertiary/aromatic N) is 2. The normalized spacial score (nSPS) is 23.9. The second kappa shape index (κ2) is 4.96. The van der Waals surface area contributed by atoms with E-state index >= 15 is 0 Å². The number of hydrogen-bond donors (Lipinski definition) is 1. The van der Waals surface area contributed by atoms with Crippen molar-refractivity contribution in [1.82, 2.24) is 4.31 Å². The van der Waals surface area contributed by atoms with Gasteiger partial charge in [-0.1, -0.05) is 11.6 Å². The maximum Gasteiger partial charge on any atom is 0.289 e. The Balaban J connectivity index is 2.41. The van der Waals surface area contributed by atoms with Gasteiger partial charge in [0.25, 0.3) is 5.69 Å². The standard InChI is InChI=1S/C11H13ClN2O5S/c1-11(15)4-5-13(7-11)20(18,19)8-2-3-9(12)10(6-8)14(16)17/h2-3,6,15H,4-5,7H2,1H3. The first-order valence-electron chi connectivity index (χ1n) is 5.80. The van der Waals surface area contributed by atoms with Crippen LogP contribution in [0.5, 0.6) is 0 Å². The van der Waals surface area contributed by atoms with Crippen LogP contribution in [0.1, 0.15) is 13.3 Å². The van der Waals surface area contributed by atoms with Gasteiger partial charge in [-0.3, -0.25) is 10.1 Å². The topological polar surface area (TPSA) is 101 Å². The lowest BCUT2D eigenvalue weighted by atomic mass is 10.1. The summed E-state index contributed by atoms with van der Waals surface area (Å²) < 4.78 is 25.8. The van der Waals surface area contributed by atoms with Crippen LogP contribution in [0.25, 0.3) is 0 Å². The number of rotatable bonds is 3. The number of aliphatic hydroxyl groups is 1. The highest BCUT2D eigenvalue weighted by molar-refractivity contribution is 7.89. The van der Waals surface area contributed by atoms with Gasteiger partial charge in [-0.2, -0.15) is 4.31 Å². The molecule has 0 spiro atoms. The Labute approximate surface area is 121 Å². The summed E-state index contributed by atoms with van der Waals surface area (Å²) in [5, 5.41) is 20.5. The third kappa shape index (κ3) is 2.78. The number of halogens is 1. The summed E-state index contributed by atoms with van der Waals surface area (Å²) in [7, 11) is -3.87. The quantitative estimate of drug-likeness (QED) is 0.670. The first-order valence-corrected chi connectivity index (χ1v) is 7.62. The zero-order valence-corrected chi connectivity index (χ0v) is 12.2. The number of sulfonamides is 1. The van der Waals surface area contributed by atoms with Crippen LogP contribution in [-0.2, 0) is 10.0 Å². The van der Waals surface area contributed by atoms with E-state index in [1.165, 1.54) is 12.1 Å². The van der Waals surface area contributed by atoms with Crippen molar-refractivity contribution in [3.63, 3.8) is 0 Å². The van der Waals surface area contributed by atoms with E-state index in [0.29, 0.717) is 6.42 Å². The van der Waals surface area contributed by atoms with E-state index in [1.54, 1.807) is 6.92 Å². The smallest absolute Gasteiger partial charge is 0.289 e. The SMILES string of the molecule is CC1(O)CCN(S(=O)(=O)c2ccc(Cl)c([N+](=O)[O-])c2)C1. The lowest BCUT2D eigenvalue weighted by Gasteiger charge is -2.18.